The van der Waals surface area contributed by atoms with Crippen molar-refractivity contribution in [1.29, 1.82) is 0 Å². The van der Waals surface area contributed by atoms with Crippen molar-refractivity contribution in [2.45, 2.75) is 43.8 Å². The molecular formula is C22H28N2O4. The Balaban J connectivity index is 1.50. The maximum atomic E-state index is 12.8. The number of carbonyl (C=O) groups excluding carboxylic acids is 1. The molecule has 0 bridgehead atoms. The molecule has 0 unspecified atom stereocenters. The molecule has 1 aliphatic carbocycles. The van der Waals surface area contributed by atoms with Crippen molar-refractivity contribution in [2.75, 3.05) is 26.4 Å². The molecule has 1 aromatic heterocycles. The van der Waals surface area contributed by atoms with Crippen molar-refractivity contribution < 1.29 is 19.1 Å². The Labute approximate surface area is 165 Å². The fraction of sp³-hybridized carbons (Fsp3) is 0.500. The van der Waals surface area contributed by atoms with E-state index in [1.54, 1.807) is 12.3 Å². The smallest absolute Gasteiger partial charge is 0.254 e. The monoisotopic (exact) mass is 384 g/mol. The largest absolute Gasteiger partial charge is 0.468 e. The molecular weight excluding hydrogens is 356 g/mol. The molecule has 2 fully saturated rings. The Morgan fingerprint density at radius 1 is 1.29 bits per heavy atom. The number of nitrogens with zero attached hydrogens (tertiary/aromatic N) is 1. The van der Waals surface area contributed by atoms with Crippen LogP contribution in [0.2, 0.25) is 0 Å². The van der Waals surface area contributed by atoms with Gasteiger partial charge in [0.1, 0.15) is 5.76 Å². The Morgan fingerprint density at radius 3 is 2.79 bits per heavy atom. The molecule has 1 aliphatic heterocycles. The lowest BCUT2D eigenvalue weighted by atomic mass is 9.93. The number of aliphatic hydroxyl groups is 1. The standard InChI is InChI=1S/C22H28N2O4/c1-16-12-27-15-22(14-25,24(16)11-17-5-3-2-4-6-17)13-23-21(26)19-9-10-28-20(19)18-7-8-18/h2-6,9-10,16,18,25H,7-8,11-15H2,1H3,(H,23,26)/t16-,22+/m1/s1. The van der Waals surface area contributed by atoms with Gasteiger partial charge in [-0.15, -0.1) is 0 Å². The van der Waals surface area contributed by atoms with Gasteiger partial charge in [-0.3, -0.25) is 9.69 Å². The van der Waals surface area contributed by atoms with Gasteiger partial charge in [-0.05, 0) is 31.4 Å². The summed E-state index contributed by atoms with van der Waals surface area (Å²) in [5, 5.41) is 13.3. The van der Waals surface area contributed by atoms with Crippen molar-refractivity contribution in [1.82, 2.24) is 10.2 Å². The normalized spacial score (nSPS) is 25.6. The minimum atomic E-state index is -0.660. The summed E-state index contributed by atoms with van der Waals surface area (Å²) in [5.41, 5.74) is 1.12. The molecule has 28 heavy (non-hydrogen) atoms. The van der Waals surface area contributed by atoms with Crippen molar-refractivity contribution in [3.63, 3.8) is 0 Å². The van der Waals surface area contributed by atoms with E-state index in [9.17, 15) is 9.90 Å². The van der Waals surface area contributed by atoms with Crippen LogP contribution in [0, 0.1) is 0 Å². The number of nitrogens with one attached hydrogen (secondary N) is 1. The quantitative estimate of drug-likeness (QED) is 0.767. The zero-order valence-corrected chi connectivity index (χ0v) is 16.3. The van der Waals surface area contributed by atoms with Gasteiger partial charge >= 0.3 is 0 Å². The van der Waals surface area contributed by atoms with Crippen molar-refractivity contribution in [3.05, 3.63) is 59.5 Å². The summed E-state index contributed by atoms with van der Waals surface area (Å²) >= 11 is 0. The average Bonchev–Trinajstić information content (AvgIpc) is 3.45. The van der Waals surface area contributed by atoms with Crippen LogP contribution in [0.15, 0.2) is 47.1 Å². The zero-order chi connectivity index (χ0) is 19.6. The first kappa shape index (κ1) is 19.2. The van der Waals surface area contributed by atoms with E-state index in [0.717, 1.165) is 18.6 Å². The molecule has 1 saturated carbocycles. The molecule has 1 saturated heterocycles. The average molecular weight is 384 g/mol. The van der Waals surface area contributed by atoms with Crippen LogP contribution in [0.3, 0.4) is 0 Å². The molecule has 4 rings (SSSR count). The predicted molar refractivity (Wildman–Crippen MR) is 105 cm³/mol. The molecule has 1 amide bonds. The highest BCUT2D eigenvalue weighted by Crippen LogP contribution is 2.42. The fourth-order valence-electron chi connectivity index (χ4n) is 4.02. The van der Waals surface area contributed by atoms with E-state index >= 15 is 0 Å². The van der Waals surface area contributed by atoms with E-state index in [-0.39, 0.29) is 18.6 Å². The molecule has 2 N–H and O–H groups in total. The van der Waals surface area contributed by atoms with Gasteiger partial charge < -0.3 is 19.6 Å². The van der Waals surface area contributed by atoms with Crippen molar-refractivity contribution in [3.8, 4) is 0 Å². The van der Waals surface area contributed by atoms with Crippen LogP contribution < -0.4 is 5.32 Å². The topological polar surface area (TPSA) is 74.9 Å². The van der Waals surface area contributed by atoms with Gasteiger partial charge in [0, 0.05) is 25.0 Å². The number of hydrogen-bond acceptors (Lipinski definition) is 5. The van der Waals surface area contributed by atoms with Gasteiger partial charge in [0.15, 0.2) is 0 Å². The lowest BCUT2D eigenvalue weighted by Crippen LogP contribution is -2.66. The number of morpholine rings is 1. The third kappa shape index (κ3) is 3.85. The summed E-state index contributed by atoms with van der Waals surface area (Å²) in [7, 11) is 0. The molecule has 6 nitrogen and oxygen atoms in total. The first-order chi connectivity index (χ1) is 13.6. The summed E-state index contributed by atoms with van der Waals surface area (Å²) in [6.07, 6.45) is 3.73. The van der Waals surface area contributed by atoms with Crippen LogP contribution in [0.1, 0.15) is 47.4 Å². The molecule has 2 heterocycles. The summed E-state index contributed by atoms with van der Waals surface area (Å²) < 4.78 is 11.3. The molecule has 0 radical (unpaired) electrons. The van der Waals surface area contributed by atoms with E-state index in [4.69, 9.17) is 9.15 Å². The van der Waals surface area contributed by atoms with E-state index in [2.05, 4.69) is 29.3 Å². The number of carbonyl (C=O) groups is 1. The first-order valence-corrected chi connectivity index (χ1v) is 9.98. The van der Waals surface area contributed by atoms with Gasteiger partial charge in [0.25, 0.3) is 5.91 Å². The first-order valence-electron chi connectivity index (χ1n) is 9.98. The molecule has 2 aliphatic rings. The van der Waals surface area contributed by atoms with Crippen LogP contribution in [-0.2, 0) is 11.3 Å². The van der Waals surface area contributed by atoms with Gasteiger partial charge in [-0.1, -0.05) is 30.3 Å². The zero-order valence-electron chi connectivity index (χ0n) is 16.3. The Kier molecular flexibility index (Phi) is 5.53. The highest BCUT2D eigenvalue weighted by Gasteiger charge is 2.43. The lowest BCUT2D eigenvalue weighted by molar-refractivity contribution is -0.121. The van der Waals surface area contributed by atoms with Gasteiger partial charge in [-0.25, -0.2) is 0 Å². The Morgan fingerprint density at radius 2 is 2.07 bits per heavy atom. The number of rotatable bonds is 7. The van der Waals surface area contributed by atoms with E-state index in [0.29, 0.717) is 37.8 Å². The van der Waals surface area contributed by atoms with Gasteiger partial charge in [0.05, 0.1) is 37.2 Å². The minimum Gasteiger partial charge on any atom is -0.468 e. The fourth-order valence-corrected chi connectivity index (χ4v) is 4.02. The number of hydrogen-bond donors (Lipinski definition) is 2. The maximum absolute atomic E-state index is 12.8. The molecule has 0 spiro atoms. The number of ether oxygens (including phenoxy) is 1. The second kappa shape index (κ2) is 8.07. The Hall–Kier alpha value is -2.15. The van der Waals surface area contributed by atoms with E-state index in [1.807, 2.05) is 18.2 Å². The third-order valence-corrected chi connectivity index (χ3v) is 5.83. The number of amides is 1. The lowest BCUT2D eigenvalue weighted by Gasteiger charge is -2.49. The predicted octanol–water partition coefficient (Wildman–Crippen LogP) is 2.54. The summed E-state index contributed by atoms with van der Waals surface area (Å²) in [5.74, 6) is 1.00. The second-order valence-corrected chi connectivity index (χ2v) is 8.02. The van der Waals surface area contributed by atoms with E-state index < -0.39 is 5.54 Å². The van der Waals surface area contributed by atoms with Crippen LogP contribution in [0.5, 0.6) is 0 Å². The number of furan rings is 1. The SMILES string of the molecule is C[C@@H]1COC[C@@](CO)(CNC(=O)c2ccoc2C2CC2)N1Cc1ccccc1. The summed E-state index contributed by atoms with van der Waals surface area (Å²) in [6, 6.07) is 12.0. The number of aliphatic hydroxyl groups excluding tert-OH is 1. The van der Waals surface area contributed by atoms with Crippen LogP contribution in [-0.4, -0.2) is 53.9 Å². The van der Waals surface area contributed by atoms with Gasteiger partial charge in [-0.2, -0.15) is 0 Å². The second-order valence-electron chi connectivity index (χ2n) is 8.02. The molecule has 1 aromatic carbocycles. The third-order valence-electron chi connectivity index (χ3n) is 5.83. The minimum absolute atomic E-state index is 0.0919. The van der Waals surface area contributed by atoms with Gasteiger partial charge in [0.2, 0.25) is 0 Å². The van der Waals surface area contributed by atoms with Crippen LogP contribution in [0.4, 0.5) is 0 Å². The molecule has 2 atom stereocenters. The molecule has 2 aromatic rings. The maximum Gasteiger partial charge on any atom is 0.254 e. The highest BCUT2D eigenvalue weighted by atomic mass is 16.5. The number of benzene rings is 1. The highest BCUT2D eigenvalue weighted by molar-refractivity contribution is 5.95. The summed E-state index contributed by atoms with van der Waals surface area (Å²) in [6.45, 7) is 3.99. The summed E-state index contributed by atoms with van der Waals surface area (Å²) in [4.78, 5) is 15.0. The van der Waals surface area contributed by atoms with Crippen molar-refractivity contribution >= 4 is 5.91 Å². The molecule has 6 heteroatoms. The van der Waals surface area contributed by atoms with E-state index in [1.165, 1.54) is 5.56 Å². The molecule has 150 valence electrons. The Bertz CT molecular complexity index is 802. The van der Waals surface area contributed by atoms with Crippen LogP contribution in [0.25, 0.3) is 0 Å². The van der Waals surface area contributed by atoms with Crippen LogP contribution >= 0.6 is 0 Å². The van der Waals surface area contributed by atoms with Crippen molar-refractivity contribution in [2.24, 2.45) is 0 Å².